The van der Waals surface area contributed by atoms with Gasteiger partial charge in [-0.2, -0.15) is 0 Å². The normalized spacial score (nSPS) is 10.9. The van der Waals surface area contributed by atoms with Crippen LogP contribution in [0, 0.1) is 12.7 Å². The van der Waals surface area contributed by atoms with Gasteiger partial charge in [-0.25, -0.2) is 13.8 Å². The number of benzene rings is 1. The van der Waals surface area contributed by atoms with E-state index in [1.165, 1.54) is 30.7 Å². The summed E-state index contributed by atoms with van der Waals surface area (Å²) in [5, 5.41) is 0.295. The molecular weight excluding hydrogens is 363 g/mol. The predicted octanol–water partition coefficient (Wildman–Crippen LogP) is 2.50. The molecule has 3 heterocycles. The lowest BCUT2D eigenvalue weighted by atomic mass is 10.2. The Morgan fingerprint density at radius 1 is 1.18 bits per heavy atom. The Labute approximate surface area is 158 Å². The first-order valence-electron chi connectivity index (χ1n) is 8.47. The molecule has 3 aromatic heterocycles. The van der Waals surface area contributed by atoms with Crippen molar-refractivity contribution >= 4 is 10.9 Å². The highest BCUT2D eigenvalue weighted by molar-refractivity contribution is 5.76. The van der Waals surface area contributed by atoms with Gasteiger partial charge in [0.2, 0.25) is 0 Å². The molecule has 4 rings (SSSR count). The van der Waals surface area contributed by atoms with Gasteiger partial charge in [0.25, 0.3) is 5.56 Å². The molecule has 0 spiro atoms. The standard InChI is InChI=1S/C20H15FN4O3/c1-12-4-5-13(28-11-17-15(21)3-2-7-23-17)9-18(12)25-19(26)14-10-22-8-6-16(14)24-20(25)27/h2-10H,11H2,1H3,(H,24,27). The summed E-state index contributed by atoms with van der Waals surface area (Å²) in [5.41, 5.74) is 0.596. The Morgan fingerprint density at radius 2 is 2.04 bits per heavy atom. The van der Waals surface area contributed by atoms with Crippen molar-refractivity contribution in [3.63, 3.8) is 0 Å². The molecule has 0 aliphatic heterocycles. The number of nitrogens with one attached hydrogen (secondary N) is 1. The van der Waals surface area contributed by atoms with E-state index in [0.717, 1.165) is 4.57 Å². The molecule has 0 saturated carbocycles. The van der Waals surface area contributed by atoms with Crippen LogP contribution in [-0.4, -0.2) is 19.5 Å². The molecule has 0 unspecified atom stereocenters. The number of hydrogen-bond acceptors (Lipinski definition) is 5. The van der Waals surface area contributed by atoms with Gasteiger partial charge in [0, 0.05) is 24.7 Å². The van der Waals surface area contributed by atoms with Crippen molar-refractivity contribution in [2.45, 2.75) is 13.5 Å². The lowest BCUT2D eigenvalue weighted by molar-refractivity contribution is 0.294. The fourth-order valence-electron chi connectivity index (χ4n) is 2.87. The molecule has 0 bridgehead atoms. The zero-order valence-corrected chi connectivity index (χ0v) is 14.8. The number of halogens is 1. The molecule has 1 aromatic carbocycles. The number of H-pyrrole nitrogens is 1. The monoisotopic (exact) mass is 378 g/mol. The molecule has 0 amide bonds. The van der Waals surface area contributed by atoms with Crippen LogP contribution in [-0.2, 0) is 6.61 Å². The molecule has 28 heavy (non-hydrogen) atoms. The van der Waals surface area contributed by atoms with Gasteiger partial charge in [-0.05, 0) is 36.8 Å². The maximum Gasteiger partial charge on any atom is 0.333 e. The second kappa shape index (κ2) is 7.07. The highest BCUT2D eigenvalue weighted by Gasteiger charge is 2.13. The van der Waals surface area contributed by atoms with Crippen LogP contribution in [0.5, 0.6) is 5.75 Å². The zero-order valence-electron chi connectivity index (χ0n) is 14.8. The lowest BCUT2D eigenvalue weighted by Crippen LogP contribution is -2.34. The van der Waals surface area contributed by atoms with E-state index >= 15 is 0 Å². The van der Waals surface area contributed by atoms with E-state index in [1.807, 2.05) is 0 Å². The van der Waals surface area contributed by atoms with E-state index in [2.05, 4.69) is 15.0 Å². The van der Waals surface area contributed by atoms with E-state index in [4.69, 9.17) is 4.74 Å². The maximum atomic E-state index is 13.7. The quantitative estimate of drug-likeness (QED) is 0.589. The molecule has 7 nitrogen and oxygen atoms in total. The largest absolute Gasteiger partial charge is 0.487 e. The maximum absolute atomic E-state index is 13.7. The molecule has 0 aliphatic carbocycles. The van der Waals surface area contributed by atoms with E-state index in [9.17, 15) is 14.0 Å². The predicted molar refractivity (Wildman–Crippen MR) is 101 cm³/mol. The Kier molecular flexibility index (Phi) is 4.44. The molecule has 140 valence electrons. The van der Waals surface area contributed by atoms with E-state index in [-0.39, 0.29) is 12.3 Å². The minimum Gasteiger partial charge on any atom is -0.487 e. The minimum atomic E-state index is -0.570. The van der Waals surface area contributed by atoms with Crippen molar-refractivity contribution in [1.82, 2.24) is 19.5 Å². The Bertz CT molecular complexity index is 1300. The number of nitrogens with zero attached hydrogens (tertiary/aromatic N) is 3. The minimum absolute atomic E-state index is 0.0813. The third-order valence-electron chi connectivity index (χ3n) is 4.33. The number of aromatic nitrogens is 4. The lowest BCUT2D eigenvalue weighted by Gasteiger charge is -2.12. The van der Waals surface area contributed by atoms with Crippen LogP contribution in [0.3, 0.4) is 0 Å². The molecule has 0 fully saturated rings. The van der Waals surface area contributed by atoms with Crippen molar-refractivity contribution in [1.29, 1.82) is 0 Å². The SMILES string of the molecule is Cc1ccc(OCc2ncccc2F)cc1-n1c(=O)[nH]c2ccncc2c1=O. The second-order valence-corrected chi connectivity index (χ2v) is 6.16. The van der Waals surface area contributed by atoms with Crippen LogP contribution < -0.4 is 16.0 Å². The van der Waals surface area contributed by atoms with Gasteiger partial charge in [0.05, 0.1) is 16.6 Å². The third-order valence-corrected chi connectivity index (χ3v) is 4.33. The van der Waals surface area contributed by atoms with Gasteiger partial charge in [-0.15, -0.1) is 0 Å². The van der Waals surface area contributed by atoms with Crippen LogP contribution in [0.4, 0.5) is 4.39 Å². The molecule has 0 aliphatic rings. The first-order valence-corrected chi connectivity index (χ1v) is 8.47. The number of pyridine rings is 2. The molecule has 1 N–H and O–H groups in total. The van der Waals surface area contributed by atoms with Crippen LogP contribution >= 0.6 is 0 Å². The molecule has 4 aromatic rings. The summed E-state index contributed by atoms with van der Waals surface area (Å²) >= 11 is 0. The average Bonchev–Trinajstić information content (AvgIpc) is 2.69. The number of fused-ring (bicyclic) bond motifs is 1. The first-order chi connectivity index (χ1) is 13.5. The Morgan fingerprint density at radius 3 is 2.86 bits per heavy atom. The summed E-state index contributed by atoms with van der Waals surface area (Å²) in [7, 11) is 0. The number of ether oxygens (including phenoxy) is 1. The number of aryl methyl sites for hydroxylation is 1. The van der Waals surface area contributed by atoms with E-state index in [1.54, 1.807) is 31.2 Å². The average molecular weight is 378 g/mol. The fourth-order valence-corrected chi connectivity index (χ4v) is 2.87. The topological polar surface area (TPSA) is 89.9 Å². The summed E-state index contributed by atoms with van der Waals surface area (Å²) in [5.74, 6) is -0.0900. The van der Waals surface area contributed by atoms with E-state index in [0.29, 0.717) is 27.9 Å². The number of hydrogen-bond donors (Lipinski definition) is 1. The van der Waals surface area contributed by atoms with Crippen molar-refractivity contribution in [2.75, 3.05) is 0 Å². The third kappa shape index (κ3) is 3.16. The fraction of sp³-hybridized carbons (Fsp3) is 0.100. The van der Waals surface area contributed by atoms with Crippen LogP contribution in [0.25, 0.3) is 16.6 Å². The van der Waals surface area contributed by atoms with Crippen molar-refractivity contribution < 1.29 is 9.13 Å². The van der Waals surface area contributed by atoms with Gasteiger partial charge >= 0.3 is 5.69 Å². The number of rotatable bonds is 4. The number of aromatic amines is 1. The van der Waals surface area contributed by atoms with Gasteiger partial charge in [0.15, 0.2) is 0 Å². The molecule has 0 atom stereocenters. The van der Waals surface area contributed by atoms with Crippen LogP contribution in [0.2, 0.25) is 0 Å². The molecular formula is C20H15FN4O3. The van der Waals surface area contributed by atoms with Gasteiger partial charge in [-0.1, -0.05) is 6.07 Å². The highest BCUT2D eigenvalue weighted by Crippen LogP contribution is 2.21. The Balaban J connectivity index is 1.76. The summed E-state index contributed by atoms with van der Waals surface area (Å²) in [6.07, 6.45) is 4.38. The van der Waals surface area contributed by atoms with Crippen LogP contribution in [0.1, 0.15) is 11.3 Å². The van der Waals surface area contributed by atoms with Crippen molar-refractivity contribution in [2.24, 2.45) is 0 Å². The summed E-state index contributed by atoms with van der Waals surface area (Å²) < 4.78 is 20.4. The molecule has 0 radical (unpaired) electrons. The molecule has 8 heteroatoms. The highest BCUT2D eigenvalue weighted by atomic mass is 19.1. The summed E-state index contributed by atoms with van der Waals surface area (Å²) in [6.45, 7) is 1.69. The van der Waals surface area contributed by atoms with Gasteiger partial charge in [-0.3, -0.25) is 14.8 Å². The summed E-state index contributed by atoms with van der Waals surface area (Å²) in [6, 6.07) is 9.33. The smallest absolute Gasteiger partial charge is 0.333 e. The zero-order chi connectivity index (χ0) is 19.7. The Hall–Kier alpha value is -3.81. The summed E-state index contributed by atoms with van der Waals surface area (Å²) in [4.78, 5) is 35.9. The van der Waals surface area contributed by atoms with Crippen molar-refractivity contribution in [3.8, 4) is 11.4 Å². The van der Waals surface area contributed by atoms with Crippen molar-refractivity contribution in [3.05, 3.63) is 92.9 Å². The van der Waals surface area contributed by atoms with Gasteiger partial charge < -0.3 is 9.72 Å². The second-order valence-electron chi connectivity index (χ2n) is 6.16. The van der Waals surface area contributed by atoms with Crippen LogP contribution in [0.15, 0.2) is 64.6 Å². The van der Waals surface area contributed by atoms with E-state index < -0.39 is 17.1 Å². The molecule has 0 saturated heterocycles. The first kappa shape index (κ1) is 17.6. The van der Waals surface area contributed by atoms with Gasteiger partial charge in [0.1, 0.15) is 23.9 Å².